The highest BCUT2D eigenvalue weighted by atomic mass is 16.5. The summed E-state index contributed by atoms with van der Waals surface area (Å²) in [5.74, 6) is 0.832. The van der Waals surface area contributed by atoms with Crippen molar-refractivity contribution in [1.82, 2.24) is 5.16 Å². The molecule has 0 amide bonds. The fourth-order valence-corrected chi connectivity index (χ4v) is 2.51. The molecule has 0 atom stereocenters. The van der Waals surface area contributed by atoms with Gasteiger partial charge in [0.1, 0.15) is 22.8 Å². The van der Waals surface area contributed by atoms with Crippen LogP contribution in [0, 0.1) is 6.92 Å². The first-order chi connectivity index (χ1) is 11.1. The lowest BCUT2D eigenvalue weighted by molar-refractivity contribution is 0.0525. The van der Waals surface area contributed by atoms with E-state index < -0.39 is 5.97 Å². The molecule has 5 heteroatoms. The van der Waals surface area contributed by atoms with Gasteiger partial charge in [0.05, 0.1) is 13.7 Å². The molecular formula is C18H17NO4. The summed E-state index contributed by atoms with van der Waals surface area (Å²) in [6.07, 6.45) is 0. The van der Waals surface area contributed by atoms with Crippen LogP contribution in [0.5, 0.6) is 5.75 Å². The summed E-state index contributed by atoms with van der Waals surface area (Å²) < 4.78 is 15.5. The highest BCUT2D eigenvalue weighted by Crippen LogP contribution is 2.30. The number of carbonyl (C=O) groups is 1. The third-order valence-electron chi connectivity index (χ3n) is 3.66. The molecule has 0 saturated heterocycles. The lowest BCUT2D eigenvalue weighted by atomic mass is 10.0. The van der Waals surface area contributed by atoms with Crippen LogP contribution in [0.4, 0.5) is 0 Å². The Balaban J connectivity index is 2.09. The zero-order valence-electron chi connectivity index (χ0n) is 13.3. The van der Waals surface area contributed by atoms with Gasteiger partial charge in [0, 0.05) is 5.56 Å². The van der Waals surface area contributed by atoms with Crippen molar-refractivity contribution >= 4 is 16.7 Å². The van der Waals surface area contributed by atoms with Gasteiger partial charge in [-0.15, -0.1) is 0 Å². The number of hydrogen-bond acceptors (Lipinski definition) is 5. The Morgan fingerprint density at radius 2 is 1.91 bits per heavy atom. The molecule has 0 fully saturated rings. The molecule has 0 saturated carbocycles. The minimum atomic E-state index is -0.420. The first kappa shape index (κ1) is 15.1. The summed E-state index contributed by atoms with van der Waals surface area (Å²) in [7, 11) is 1.64. The van der Waals surface area contributed by atoms with Gasteiger partial charge in [-0.25, -0.2) is 4.79 Å². The van der Waals surface area contributed by atoms with Crippen molar-refractivity contribution in [3.8, 4) is 17.0 Å². The minimum absolute atomic E-state index is 0.306. The maximum atomic E-state index is 12.1. The normalized spacial score (nSPS) is 10.7. The van der Waals surface area contributed by atoms with Crippen LogP contribution in [-0.2, 0) is 4.74 Å². The smallest absolute Gasteiger partial charge is 0.344 e. The Hall–Kier alpha value is -2.82. The molecule has 0 aliphatic heterocycles. The van der Waals surface area contributed by atoms with Crippen molar-refractivity contribution in [3.05, 3.63) is 47.7 Å². The molecule has 2 aromatic carbocycles. The monoisotopic (exact) mass is 311 g/mol. The molecule has 0 unspecified atom stereocenters. The first-order valence-corrected chi connectivity index (χ1v) is 7.35. The lowest BCUT2D eigenvalue weighted by Crippen LogP contribution is -2.06. The van der Waals surface area contributed by atoms with Crippen LogP contribution in [-0.4, -0.2) is 24.8 Å². The van der Waals surface area contributed by atoms with Gasteiger partial charge in [0.15, 0.2) is 0 Å². The quantitative estimate of drug-likeness (QED) is 0.682. The Bertz CT molecular complexity index is 867. The van der Waals surface area contributed by atoms with Crippen LogP contribution >= 0.6 is 0 Å². The molecule has 118 valence electrons. The van der Waals surface area contributed by atoms with Gasteiger partial charge >= 0.3 is 5.97 Å². The van der Waals surface area contributed by atoms with Crippen LogP contribution in [0.3, 0.4) is 0 Å². The maximum Gasteiger partial charge on any atom is 0.344 e. The third kappa shape index (κ3) is 2.77. The van der Waals surface area contributed by atoms with Gasteiger partial charge in [-0.3, -0.25) is 0 Å². The van der Waals surface area contributed by atoms with Crippen LogP contribution in [0.2, 0.25) is 0 Å². The SMILES string of the molecule is CCOC(=O)c1c(-c2ccc3cc(OC)ccc3c2)noc1C. The molecule has 0 aliphatic carbocycles. The number of nitrogens with zero attached hydrogens (tertiary/aromatic N) is 1. The van der Waals surface area contributed by atoms with Gasteiger partial charge < -0.3 is 14.0 Å². The summed E-state index contributed by atoms with van der Waals surface area (Å²) in [5, 5.41) is 6.10. The number of hydrogen-bond donors (Lipinski definition) is 0. The van der Waals surface area contributed by atoms with E-state index in [0.717, 1.165) is 22.1 Å². The van der Waals surface area contributed by atoms with E-state index in [1.807, 2.05) is 36.4 Å². The average Bonchev–Trinajstić information content (AvgIpc) is 2.95. The van der Waals surface area contributed by atoms with Crippen molar-refractivity contribution in [2.24, 2.45) is 0 Å². The summed E-state index contributed by atoms with van der Waals surface area (Å²) in [6, 6.07) is 11.7. The molecule has 0 aliphatic rings. The number of methoxy groups -OCH3 is 1. The maximum absolute atomic E-state index is 12.1. The molecule has 5 nitrogen and oxygen atoms in total. The van der Waals surface area contributed by atoms with E-state index in [1.54, 1.807) is 21.0 Å². The van der Waals surface area contributed by atoms with Crippen LogP contribution in [0.15, 0.2) is 40.9 Å². The number of aryl methyl sites for hydroxylation is 1. The number of rotatable bonds is 4. The molecule has 1 aromatic heterocycles. The zero-order valence-corrected chi connectivity index (χ0v) is 13.3. The standard InChI is InChI=1S/C18H17NO4/c1-4-22-18(20)16-11(2)23-19-17(16)14-6-5-13-10-15(21-3)8-7-12(13)9-14/h5-10H,4H2,1-3H3. The van der Waals surface area contributed by atoms with E-state index in [2.05, 4.69) is 5.16 Å². The number of fused-ring (bicyclic) bond motifs is 1. The average molecular weight is 311 g/mol. The van der Waals surface area contributed by atoms with Crippen LogP contribution in [0.25, 0.3) is 22.0 Å². The molecule has 3 aromatic rings. The highest BCUT2D eigenvalue weighted by Gasteiger charge is 2.22. The van der Waals surface area contributed by atoms with Crippen molar-refractivity contribution in [2.45, 2.75) is 13.8 Å². The van der Waals surface area contributed by atoms with E-state index in [4.69, 9.17) is 14.0 Å². The van der Waals surface area contributed by atoms with Gasteiger partial charge in [-0.05, 0) is 42.8 Å². The fraction of sp³-hybridized carbons (Fsp3) is 0.222. The second-order valence-corrected chi connectivity index (χ2v) is 5.11. The fourth-order valence-electron chi connectivity index (χ4n) is 2.51. The van der Waals surface area contributed by atoms with E-state index in [0.29, 0.717) is 23.6 Å². The number of carbonyl (C=O) groups excluding carboxylic acids is 1. The molecule has 0 N–H and O–H groups in total. The lowest BCUT2D eigenvalue weighted by Gasteiger charge is -2.06. The predicted octanol–water partition coefficient (Wildman–Crippen LogP) is 3.99. The first-order valence-electron chi connectivity index (χ1n) is 7.35. The molecule has 3 rings (SSSR count). The third-order valence-corrected chi connectivity index (χ3v) is 3.66. The summed E-state index contributed by atoms with van der Waals surface area (Å²) >= 11 is 0. The van der Waals surface area contributed by atoms with Gasteiger partial charge in [0.2, 0.25) is 0 Å². The molecule has 0 spiro atoms. The topological polar surface area (TPSA) is 61.6 Å². The Morgan fingerprint density at radius 3 is 2.65 bits per heavy atom. The summed E-state index contributed by atoms with van der Waals surface area (Å²) in [6.45, 7) is 3.78. The number of esters is 1. The summed E-state index contributed by atoms with van der Waals surface area (Å²) in [5.41, 5.74) is 1.68. The molecular weight excluding hydrogens is 294 g/mol. The minimum Gasteiger partial charge on any atom is -0.497 e. The molecule has 1 heterocycles. The van der Waals surface area contributed by atoms with Gasteiger partial charge in [-0.2, -0.15) is 0 Å². The Labute approximate surface area is 133 Å². The van der Waals surface area contributed by atoms with Crippen molar-refractivity contribution in [1.29, 1.82) is 0 Å². The summed E-state index contributed by atoms with van der Waals surface area (Å²) in [4.78, 5) is 12.1. The molecule has 0 radical (unpaired) electrons. The highest BCUT2D eigenvalue weighted by molar-refractivity contribution is 5.98. The van der Waals surface area contributed by atoms with E-state index >= 15 is 0 Å². The van der Waals surface area contributed by atoms with E-state index in [1.165, 1.54) is 0 Å². The largest absolute Gasteiger partial charge is 0.497 e. The molecule has 23 heavy (non-hydrogen) atoms. The van der Waals surface area contributed by atoms with Gasteiger partial charge in [0.25, 0.3) is 0 Å². The zero-order chi connectivity index (χ0) is 16.4. The van der Waals surface area contributed by atoms with E-state index in [-0.39, 0.29) is 0 Å². The van der Waals surface area contributed by atoms with Crippen molar-refractivity contribution in [2.75, 3.05) is 13.7 Å². The Kier molecular flexibility index (Phi) is 4.02. The van der Waals surface area contributed by atoms with Crippen molar-refractivity contribution < 1.29 is 18.8 Å². The Morgan fingerprint density at radius 1 is 1.17 bits per heavy atom. The number of benzene rings is 2. The number of ether oxygens (including phenoxy) is 2. The molecule has 0 bridgehead atoms. The van der Waals surface area contributed by atoms with Gasteiger partial charge in [-0.1, -0.05) is 23.4 Å². The van der Waals surface area contributed by atoms with Crippen LogP contribution in [0.1, 0.15) is 23.0 Å². The number of aromatic nitrogens is 1. The van der Waals surface area contributed by atoms with Crippen molar-refractivity contribution in [3.63, 3.8) is 0 Å². The van der Waals surface area contributed by atoms with E-state index in [9.17, 15) is 4.79 Å². The predicted molar refractivity (Wildman–Crippen MR) is 86.7 cm³/mol. The second-order valence-electron chi connectivity index (χ2n) is 5.11. The van der Waals surface area contributed by atoms with Crippen LogP contribution < -0.4 is 4.74 Å². The second kappa shape index (κ2) is 6.12.